The van der Waals surface area contributed by atoms with Crippen molar-refractivity contribution in [3.05, 3.63) is 70.8 Å². The molecule has 7 heteroatoms. The summed E-state index contributed by atoms with van der Waals surface area (Å²) in [5, 5.41) is 2.69. The molecule has 2 aromatic carbocycles. The Morgan fingerprint density at radius 2 is 1.30 bits per heavy atom. The zero-order valence-corrected chi connectivity index (χ0v) is 17.3. The summed E-state index contributed by atoms with van der Waals surface area (Å²) in [4.78, 5) is 23.8. The third-order valence-corrected chi connectivity index (χ3v) is 4.19. The topological polar surface area (TPSA) is 55.4 Å². The Balaban J connectivity index is 1.79. The first-order chi connectivity index (χ1) is 13.9. The molecule has 1 N–H and O–H groups in total. The van der Waals surface area contributed by atoms with E-state index < -0.39 is 23.4 Å². The van der Waals surface area contributed by atoms with Gasteiger partial charge in [-0.2, -0.15) is 13.2 Å². The Bertz CT molecular complexity index is 851. The van der Waals surface area contributed by atoms with Crippen molar-refractivity contribution >= 4 is 11.9 Å². The molecule has 0 spiro atoms. The number of alkyl halides is 3. The first kappa shape index (κ1) is 23.4. The highest BCUT2D eigenvalue weighted by Crippen LogP contribution is 2.29. The number of carbonyl (C=O) groups excluding carboxylic acids is 2. The van der Waals surface area contributed by atoms with E-state index in [-0.39, 0.29) is 18.6 Å². The number of halogens is 3. The van der Waals surface area contributed by atoms with Crippen LogP contribution in [0.1, 0.15) is 43.0 Å². The van der Waals surface area contributed by atoms with Gasteiger partial charge in [0, 0.05) is 19.4 Å². The molecular weight excluding hydrogens is 395 g/mol. The summed E-state index contributed by atoms with van der Waals surface area (Å²) in [7, 11) is 0. The Kier molecular flexibility index (Phi) is 7.65. The van der Waals surface area contributed by atoms with Crippen LogP contribution in [0.2, 0.25) is 0 Å². The highest BCUT2D eigenvalue weighted by molar-refractivity contribution is 5.83. The molecule has 0 aromatic heterocycles. The maximum Gasteiger partial charge on any atom is 0.416 e. The van der Waals surface area contributed by atoms with Gasteiger partial charge in [-0.15, -0.1) is 0 Å². The number of nitrogens with one attached hydrogen (secondary N) is 1. The number of ether oxygens (including phenoxy) is 1. The van der Waals surface area contributed by atoms with E-state index >= 15 is 0 Å². The maximum atomic E-state index is 12.6. The lowest BCUT2D eigenvalue weighted by Gasteiger charge is -2.19. The van der Waals surface area contributed by atoms with Crippen molar-refractivity contribution in [1.29, 1.82) is 0 Å². The molecule has 2 aromatic rings. The van der Waals surface area contributed by atoms with E-state index in [0.717, 1.165) is 23.3 Å². The average molecular weight is 421 g/mol. The lowest BCUT2D eigenvalue weighted by atomic mass is 10.0. The highest BCUT2D eigenvalue weighted by Gasteiger charge is 2.29. The zero-order valence-electron chi connectivity index (χ0n) is 17.3. The van der Waals surface area contributed by atoms with Gasteiger partial charge in [-0.05, 0) is 56.0 Å². The van der Waals surface area contributed by atoms with E-state index in [2.05, 4.69) is 5.32 Å². The van der Waals surface area contributed by atoms with Gasteiger partial charge < -0.3 is 10.1 Å². The quantitative estimate of drug-likeness (QED) is 0.675. The van der Waals surface area contributed by atoms with Crippen LogP contribution in [0.15, 0.2) is 48.5 Å². The number of amides is 1. The highest BCUT2D eigenvalue weighted by atomic mass is 19.4. The van der Waals surface area contributed by atoms with E-state index in [1.807, 2.05) is 24.3 Å². The average Bonchev–Trinajstić information content (AvgIpc) is 2.61. The van der Waals surface area contributed by atoms with Gasteiger partial charge >= 0.3 is 12.3 Å². The molecule has 0 aliphatic heterocycles. The molecule has 0 bridgehead atoms. The van der Waals surface area contributed by atoms with Crippen LogP contribution in [0.4, 0.5) is 18.0 Å². The van der Waals surface area contributed by atoms with Gasteiger partial charge in [-0.3, -0.25) is 4.79 Å². The number of alkyl carbamates (subject to hydrolysis) is 1. The van der Waals surface area contributed by atoms with E-state index in [9.17, 15) is 22.8 Å². The standard InChI is InChI=1S/C23H26F3NO3/c1-22(2,3)30-21(29)27-13-12-16-4-6-17(7-5-16)14-20(28)15-18-8-10-19(11-9-18)23(24,25)26/h4-11H,12-15H2,1-3H3,(H,27,29). The van der Waals surface area contributed by atoms with Crippen molar-refractivity contribution < 1.29 is 27.5 Å². The normalized spacial score (nSPS) is 11.8. The van der Waals surface area contributed by atoms with E-state index in [0.29, 0.717) is 18.5 Å². The largest absolute Gasteiger partial charge is 0.444 e. The smallest absolute Gasteiger partial charge is 0.416 e. The summed E-state index contributed by atoms with van der Waals surface area (Å²) >= 11 is 0. The molecular formula is C23H26F3NO3. The van der Waals surface area contributed by atoms with Crippen molar-refractivity contribution in [3.63, 3.8) is 0 Å². The predicted molar refractivity (Wildman–Crippen MR) is 108 cm³/mol. The van der Waals surface area contributed by atoms with Crippen LogP contribution in [0.3, 0.4) is 0 Å². The van der Waals surface area contributed by atoms with Gasteiger partial charge in [0.05, 0.1) is 5.56 Å². The monoisotopic (exact) mass is 421 g/mol. The Morgan fingerprint density at radius 1 is 0.833 bits per heavy atom. The van der Waals surface area contributed by atoms with Crippen molar-refractivity contribution in [2.24, 2.45) is 0 Å². The van der Waals surface area contributed by atoms with Crippen molar-refractivity contribution in [3.8, 4) is 0 Å². The Morgan fingerprint density at radius 3 is 1.77 bits per heavy atom. The number of benzene rings is 2. The molecule has 0 radical (unpaired) electrons. The summed E-state index contributed by atoms with van der Waals surface area (Å²) in [6.07, 6.45) is -3.93. The SMILES string of the molecule is CC(C)(C)OC(=O)NCCc1ccc(CC(=O)Cc2ccc(C(F)(F)F)cc2)cc1. The van der Waals surface area contributed by atoms with Crippen LogP contribution in [-0.2, 0) is 35.0 Å². The minimum absolute atomic E-state index is 0.0749. The van der Waals surface area contributed by atoms with Gasteiger partial charge in [-0.1, -0.05) is 36.4 Å². The first-order valence-corrected chi connectivity index (χ1v) is 9.65. The fraction of sp³-hybridized carbons (Fsp3) is 0.391. The van der Waals surface area contributed by atoms with E-state index in [1.54, 1.807) is 20.8 Å². The number of ketones is 1. The molecule has 0 unspecified atom stereocenters. The summed E-state index contributed by atoms with van der Waals surface area (Å²) < 4.78 is 42.9. The first-order valence-electron chi connectivity index (χ1n) is 9.65. The number of hydrogen-bond donors (Lipinski definition) is 1. The lowest BCUT2D eigenvalue weighted by Crippen LogP contribution is -2.33. The van der Waals surface area contributed by atoms with Crippen LogP contribution in [0, 0.1) is 0 Å². The zero-order chi connectivity index (χ0) is 22.4. The molecule has 1 amide bonds. The van der Waals surface area contributed by atoms with Crippen molar-refractivity contribution in [2.75, 3.05) is 6.54 Å². The molecule has 30 heavy (non-hydrogen) atoms. The second-order valence-corrected chi connectivity index (χ2v) is 8.08. The van der Waals surface area contributed by atoms with E-state index in [1.165, 1.54) is 12.1 Å². The van der Waals surface area contributed by atoms with Crippen LogP contribution in [0.25, 0.3) is 0 Å². The molecule has 0 aliphatic carbocycles. The second-order valence-electron chi connectivity index (χ2n) is 8.08. The molecule has 0 saturated carbocycles. The maximum absolute atomic E-state index is 12.6. The molecule has 0 aliphatic rings. The van der Waals surface area contributed by atoms with Gasteiger partial charge in [0.25, 0.3) is 0 Å². The molecule has 0 fully saturated rings. The summed E-state index contributed by atoms with van der Waals surface area (Å²) in [6.45, 7) is 5.82. The Hall–Kier alpha value is -2.83. The van der Waals surface area contributed by atoms with Gasteiger partial charge in [0.2, 0.25) is 0 Å². The van der Waals surface area contributed by atoms with E-state index in [4.69, 9.17) is 4.74 Å². The third-order valence-electron chi connectivity index (χ3n) is 4.19. The number of Topliss-reactive ketones (excluding diaryl/α,β-unsaturated/α-hetero) is 1. The number of hydrogen-bond acceptors (Lipinski definition) is 3. The minimum atomic E-state index is -4.38. The Labute approximate surface area is 174 Å². The predicted octanol–water partition coefficient (Wildman–Crippen LogP) is 5.13. The summed E-state index contributed by atoms with van der Waals surface area (Å²) in [5.74, 6) is -0.0749. The number of rotatable bonds is 7. The molecule has 0 atom stereocenters. The number of carbonyl (C=O) groups is 2. The van der Waals surface area contributed by atoms with Gasteiger partial charge in [0.15, 0.2) is 0 Å². The van der Waals surface area contributed by atoms with Crippen LogP contribution in [-0.4, -0.2) is 24.0 Å². The van der Waals surface area contributed by atoms with Crippen LogP contribution < -0.4 is 5.32 Å². The lowest BCUT2D eigenvalue weighted by molar-refractivity contribution is -0.137. The fourth-order valence-electron chi connectivity index (χ4n) is 2.78. The minimum Gasteiger partial charge on any atom is -0.444 e. The second kappa shape index (κ2) is 9.78. The van der Waals surface area contributed by atoms with Gasteiger partial charge in [0.1, 0.15) is 11.4 Å². The third kappa shape index (κ3) is 8.27. The summed E-state index contributed by atoms with van der Waals surface area (Å²) in [5.41, 5.74) is 1.12. The van der Waals surface area contributed by atoms with Crippen LogP contribution >= 0.6 is 0 Å². The van der Waals surface area contributed by atoms with Gasteiger partial charge in [-0.25, -0.2) is 4.79 Å². The summed E-state index contributed by atoms with van der Waals surface area (Å²) in [6, 6.07) is 12.1. The molecule has 162 valence electrons. The molecule has 0 heterocycles. The fourth-order valence-corrected chi connectivity index (χ4v) is 2.78. The van der Waals surface area contributed by atoms with Crippen LogP contribution in [0.5, 0.6) is 0 Å². The molecule has 4 nitrogen and oxygen atoms in total. The van der Waals surface area contributed by atoms with Crippen molar-refractivity contribution in [1.82, 2.24) is 5.32 Å². The molecule has 2 rings (SSSR count). The van der Waals surface area contributed by atoms with Crippen molar-refractivity contribution in [2.45, 2.75) is 51.8 Å². The molecule has 0 saturated heterocycles.